The SMILES string of the molecule is CCCC1=C2[C@@H](CC/C(=C/c3ccccc3O)CCC)OC[C@@H]2[C@@H]2C(=O)N(c3cc(C(F)(F)F)cc(C(F)(F)F)c3)C(=O)[C@@H]2C1. The molecule has 1 N–H and O–H groups in total. The fourth-order valence-corrected chi connectivity index (χ4v) is 7.07. The quantitative estimate of drug-likeness (QED) is 0.170. The number of aromatic hydroxyl groups is 1. The van der Waals surface area contributed by atoms with Crippen LogP contribution in [0, 0.1) is 17.8 Å². The van der Waals surface area contributed by atoms with Gasteiger partial charge in [-0.3, -0.25) is 9.59 Å². The second-order valence-corrected chi connectivity index (χ2v) is 12.0. The molecule has 2 aromatic rings. The predicted molar refractivity (Wildman–Crippen MR) is 156 cm³/mol. The lowest BCUT2D eigenvalue weighted by atomic mass is 9.68. The highest BCUT2D eigenvalue weighted by Gasteiger charge is 2.57. The molecule has 2 heterocycles. The third-order valence-corrected chi connectivity index (χ3v) is 8.99. The maximum Gasteiger partial charge on any atom is 0.416 e. The number of ether oxygens (including phenoxy) is 1. The Hall–Kier alpha value is -3.60. The number of para-hydroxylation sites is 1. The molecule has 3 aliphatic rings. The number of carbonyl (C=O) groups is 2. The third-order valence-electron chi connectivity index (χ3n) is 8.99. The van der Waals surface area contributed by atoms with Gasteiger partial charge in [0.1, 0.15) is 5.75 Å². The molecule has 2 fully saturated rings. The van der Waals surface area contributed by atoms with E-state index in [-0.39, 0.29) is 30.9 Å². The number of alkyl halides is 6. The highest BCUT2D eigenvalue weighted by molar-refractivity contribution is 6.22. The molecule has 2 aliphatic heterocycles. The van der Waals surface area contributed by atoms with Crippen LogP contribution in [0.5, 0.6) is 5.75 Å². The molecule has 0 aromatic heterocycles. The van der Waals surface area contributed by atoms with Crippen LogP contribution in [0.3, 0.4) is 0 Å². The Labute approximate surface area is 257 Å². The Balaban J connectivity index is 1.44. The highest BCUT2D eigenvalue weighted by Crippen LogP contribution is 2.52. The Morgan fingerprint density at radius 3 is 2.20 bits per heavy atom. The molecule has 5 rings (SSSR count). The van der Waals surface area contributed by atoms with Gasteiger partial charge >= 0.3 is 12.4 Å². The molecule has 5 nitrogen and oxygen atoms in total. The van der Waals surface area contributed by atoms with Crippen molar-refractivity contribution in [2.24, 2.45) is 17.8 Å². The van der Waals surface area contributed by atoms with E-state index in [4.69, 9.17) is 4.74 Å². The molecule has 2 aromatic carbocycles. The molecule has 0 saturated carbocycles. The molecule has 242 valence electrons. The molecule has 11 heteroatoms. The van der Waals surface area contributed by atoms with Crippen LogP contribution in [0.2, 0.25) is 0 Å². The van der Waals surface area contributed by atoms with Crippen LogP contribution in [0.15, 0.2) is 59.2 Å². The van der Waals surface area contributed by atoms with E-state index in [1.54, 1.807) is 12.1 Å². The minimum absolute atomic E-state index is 0.0175. The van der Waals surface area contributed by atoms with Gasteiger partial charge in [0.2, 0.25) is 11.8 Å². The van der Waals surface area contributed by atoms with Gasteiger partial charge in [-0.2, -0.15) is 26.3 Å². The third kappa shape index (κ3) is 6.55. The van der Waals surface area contributed by atoms with Gasteiger partial charge in [-0.25, -0.2) is 4.90 Å². The van der Waals surface area contributed by atoms with Crippen LogP contribution >= 0.6 is 0 Å². The Morgan fingerprint density at radius 2 is 1.60 bits per heavy atom. The average molecular weight is 636 g/mol. The topological polar surface area (TPSA) is 66.8 Å². The summed E-state index contributed by atoms with van der Waals surface area (Å²) in [4.78, 5) is 28.0. The van der Waals surface area contributed by atoms with E-state index < -0.39 is 58.7 Å². The Kier molecular flexibility index (Phi) is 9.22. The van der Waals surface area contributed by atoms with Crippen LogP contribution in [-0.2, 0) is 26.7 Å². The largest absolute Gasteiger partial charge is 0.507 e. The molecule has 0 bridgehead atoms. The van der Waals surface area contributed by atoms with Crippen molar-refractivity contribution in [3.63, 3.8) is 0 Å². The van der Waals surface area contributed by atoms with Crippen molar-refractivity contribution >= 4 is 23.6 Å². The lowest BCUT2D eigenvalue weighted by Gasteiger charge is -2.32. The molecular formula is C34H35F6NO4. The van der Waals surface area contributed by atoms with Crippen molar-refractivity contribution < 1.29 is 45.8 Å². The first-order valence-corrected chi connectivity index (χ1v) is 15.2. The zero-order valence-electron chi connectivity index (χ0n) is 25.0. The molecular weight excluding hydrogens is 600 g/mol. The zero-order chi connectivity index (χ0) is 32.7. The monoisotopic (exact) mass is 635 g/mol. The maximum atomic E-state index is 13.8. The Morgan fingerprint density at radius 1 is 0.933 bits per heavy atom. The van der Waals surface area contributed by atoms with Crippen molar-refractivity contribution in [3.05, 3.63) is 75.9 Å². The molecule has 4 atom stereocenters. The molecule has 0 unspecified atom stereocenters. The predicted octanol–water partition coefficient (Wildman–Crippen LogP) is 8.71. The molecule has 2 saturated heterocycles. The molecule has 0 spiro atoms. The number of hydrogen-bond acceptors (Lipinski definition) is 4. The number of carbonyl (C=O) groups excluding carboxylic acids is 2. The number of phenolic OH excluding ortho intramolecular Hbond substituents is 1. The summed E-state index contributed by atoms with van der Waals surface area (Å²) in [6, 6.07) is 7.88. The smallest absolute Gasteiger partial charge is 0.416 e. The fraction of sp³-hybridized carbons (Fsp3) is 0.471. The number of fused-ring (bicyclic) bond motifs is 3. The number of benzene rings is 2. The standard InChI is InChI=1S/C34H35F6NO4/c1-3-7-19(13-20-9-5-6-10-27(20)42)11-12-28-29-21(8-4-2)14-25-30(26(29)18-45-28)32(44)41(31(25)43)24-16-22(33(35,36)37)15-23(17-24)34(38,39)40/h5-6,9-10,13,15-17,25-26,28,30,42H,3-4,7-8,11-12,14,18H2,1-2H3/b19-13+/t25-,26+,28-,30-/m1/s1. The minimum atomic E-state index is -5.12. The molecule has 0 radical (unpaired) electrons. The molecule has 1 aliphatic carbocycles. The second-order valence-electron chi connectivity index (χ2n) is 12.0. The first-order valence-electron chi connectivity index (χ1n) is 15.2. The van der Waals surface area contributed by atoms with Crippen LogP contribution in [0.1, 0.15) is 75.5 Å². The summed E-state index contributed by atoms with van der Waals surface area (Å²) < 4.78 is 87.8. The van der Waals surface area contributed by atoms with Crippen LogP contribution in [0.25, 0.3) is 6.08 Å². The number of phenols is 1. The van der Waals surface area contributed by atoms with E-state index >= 15 is 0 Å². The van der Waals surface area contributed by atoms with E-state index in [2.05, 4.69) is 6.92 Å². The molecule has 2 amide bonds. The van der Waals surface area contributed by atoms with E-state index in [9.17, 15) is 41.0 Å². The number of imide groups is 1. The number of allylic oxidation sites excluding steroid dienone is 2. The first-order chi connectivity index (χ1) is 21.2. The summed E-state index contributed by atoms with van der Waals surface area (Å²) in [7, 11) is 0. The minimum Gasteiger partial charge on any atom is -0.507 e. The average Bonchev–Trinajstić information content (AvgIpc) is 3.50. The normalized spacial score (nSPS) is 24.0. The van der Waals surface area contributed by atoms with E-state index in [1.165, 1.54) is 0 Å². The van der Waals surface area contributed by atoms with Gasteiger partial charge in [-0.05, 0) is 61.9 Å². The summed E-state index contributed by atoms with van der Waals surface area (Å²) >= 11 is 0. The number of hydrogen-bond donors (Lipinski definition) is 1. The number of rotatable bonds is 9. The van der Waals surface area contributed by atoms with Crippen molar-refractivity contribution in [2.45, 2.75) is 77.2 Å². The van der Waals surface area contributed by atoms with Crippen molar-refractivity contribution in [1.82, 2.24) is 0 Å². The lowest BCUT2D eigenvalue weighted by Crippen LogP contribution is -2.34. The number of halogens is 6. The van der Waals surface area contributed by atoms with Gasteiger partial charge in [-0.1, -0.05) is 62.1 Å². The number of amides is 2. The summed E-state index contributed by atoms with van der Waals surface area (Å²) in [5, 5.41) is 10.3. The Bertz CT molecular complexity index is 1490. The maximum absolute atomic E-state index is 13.8. The van der Waals surface area contributed by atoms with Crippen LogP contribution < -0.4 is 4.90 Å². The second kappa shape index (κ2) is 12.7. The van der Waals surface area contributed by atoms with Crippen molar-refractivity contribution in [2.75, 3.05) is 11.5 Å². The van der Waals surface area contributed by atoms with Crippen LogP contribution in [-0.4, -0.2) is 29.6 Å². The highest BCUT2D eigenvalue weighted by atomic mass is 19.4. The summed E-state index contributed by atoms with van der Waals surface area (Å²) in [5.41, 5.74) is -0.184. The van der Waals surface area contributed by atoms with Gasteiger partial charge in [0.15, 0.2) is 0 Å². The van der Waals surface area contributed by atoms with Crippen molar-refractivity contribution in [1.29, 1.82) is 0 Å². The van der Waals surface area contributed by atoms with Gasteiger partial charge in [-0.15, -0.1) is 0 Å². The zero-order valence-corrected chi connectivity index (χ0v) is 25.0. The number of anilines is 1. The van der Waals surface area contributed by atoms with Gasteiger partial charge < -0.3 is 9.84 Å². The lowest BCUT2D eigenvalue weighted by molar-refractivity contribution is -0.143. The van der Waals surface area contributed by atoms with Gasteiger partial charge in [0, 0.05) is 11.5 Å². The fourth-order valence-electron chi connectivity index (χ4n) is 7.07. The van der Waals surface area contributed by atoms with Crippen molar-refractivity contribution in [3.8, 4) is 5.75 Å². The van der Waals surface area contributed by atoms with Crippen LogP contribution in [0.4, 0.5) is 32.0 Å². The molecule has 45 heavy (non-hydrogen) atoms. The van der Waals surface area contributed by atoms with E-state index in [0.29, 0.717) is 41.9 Å². The number of nitrogens with zero attached hydrogens (tertiary/aromatic N) is 1. The van der Waals surface area contributed by atoms with E-state index in [1.807, 2.05) is 25.1 Å². The summed E-state index contributed by atoms with van der Waals surface area (Å²) in [5.74, 6) is -3.74. The van der Waals surface area contributed by atoms with Gasteiger partial charge in [0.25, 0.3) is 0 Å². The summed E-state index contributed by atoms with van der Waals surface area (Å²) in [6.45, 7) is 4.16. The summed E-state index contributed by atoms with van der Waals surface area (Å²) in [6.07, 6.45) is -4.10. The van der Waals surface area contributed by atoms with Gasteiger partial charge in [0.05, 0.1) is 41.4 Å². The first kappa shape index (κ1) is 32.8. The van der Waals surface area contributed by atoms with E-state index in [0.717, 1.165) is 36.0 Å².